The molecule has 0 saturated carbocycles. The molecule has 0 aliphatic carbocycles. The van der Waals surface area contributed by atoms with E-state index in [1.807, 2.05) is 37.3 Å². The van der Waals surface area contributed by atoms with Crippen molar-refractivity contribution in [2.45, 2.75) is 39.2 Å². The molecule has 0 saturated heterocycles. The zero-order valence-electron chi connectivity index (χ0n) is 15.1. The molecule has 0 bridgehead atoms. The number of hydrogen-bond donors (Lipinski definition) is 2. The van der Waals surface area contributed by atoms with E-state index in [4.69, 9.17) is 5.73 Å². The lowest BCUT2D eigenvalue weighted by molar-refractivity contribution is 0.0930. The Kier molecular flexibility index (Phi) is 5.58. The fourth-order valence-corrected chi connectivity index (χ4v) is 2.99. The summed E-state index contributed by atoms with van der Waals surface area (Å²) in [6, 6.07) is 9.61. The molecule has 0 fully saturated rings. The van der Waals surface area contributed by atoms with E-state index in [9.17, 15) is 4.79 Å². The predicted octanol–water partition coefficient (Wildman–Crippen LogP) is 2.37. The molecule has 136 valence electrons. The molecule has 0 spiro atoms. The van der Waals surface area contributed by atoms with Gasteiger partial charge in [-0.15, -0.1) is 5.10 Å². The van der Waals surface area contributed by atoms with Gasteiger partial charge in [-0.25, -0.2) is 4.68 Å². The Morgan fingerprint density at radius 3 is 2.92 bits per heavy atom. The molecule has 7 heteroatoms. The fourth-order valence-electron chi connectivity index (χ4n) is 2.99. The Balaban J connectivity index is 1.89. The van der Waals surface area contributed by atoms with Crippen LogP contribution in [0.2, 0.25) is 0 Å². The van der Waals surface area contributed by atoms with Gasteiger partial charge in [-0.05, 0) is 37.6 Å². The van der Waals surface area contributed by atoms with Crippen molar-refractivity contribution in [3.63, 3.8) is 0 Å². The molecule has 3 N–H and O–H groups in total. The van der Waals surface area contributed by atoms with Crippen molar-refractivity contribution in [2.75, 3.05) is 6.54 Å². The average Bonchev–Trinajstić information content (AvgIpc) is 3.05. The largest absolute Gasteiger partial charge is 0.347 e. The first-order valence-electron chi connectivity index (χ1n) is 8.93. The second-order valence-corrected chi connectivity index (χ2v) is 6.33. The van der Waals surface area contributed by atoms with Crippen molar-refractivity contribution < 1.29 is 4.79 Å². The smallest absolute Gasteiger partial charge is 0.274 e. The molecule has 0 aliphatic rings. The highest BCUT2D eigenvalue weighted by atomic mass is 16.2. The van der Waals surface area contributed by atoms with E-state index in [2.05, 4.69) is 27.5 Å². The van der Waals surface area contributed by atoms with Crippen LogP contribution in [0.5, 0.6) is 0 Å². The molecule has 1 aromatic carbocycles. The number of pyridine rings is 1. The van der Waals surface area contributed by atoms with Gasteiger partial charge in [-0.2, -0.15) is 0 Å². The SMILES string of the molecule is CCCCC(CN)NC(=O)c1nnn(-c2cccc3ncccc23)c1C. The Hall–Kier alpha value is -2.80. The molecular formula is C19H24N6O. The maximum atomic E-state index is 12.6. The Bertz CT molecular complexity index is 899. The number of amides is 1. The Labute approximate surface area is 152 Å². The van der Waals surface area contributed by atoms with E-state index in [1.54, 1.807) is 10.9 Å². The Morgan fingerprint density at radius 1 is 1.31 bits per heavy atom. The second-order valence-electron chi connectivity index (χ2n) is 6.33. The van der Waals surface area contributed by atoms with Gasteiger partial charge in [0, 0.05) is 24.2 Å². The molecule has 1 unspecified atom stereocenters. The first-order valence-corrected chi connectivity index (χ1v) is 8.93. The van der Waals surface area contributed by atoms with Crippen molar-refractivity contribution in [1.82, 2.24) is 25.3 Å². The summed E-state index contributed by atoms with van der Waals surface area (Å²) in [6.07, 6.45) is 4.71. The number of aromatic nitrogens is 4. The maximum Gasteiger partial charge on any atom is 0.274 e. The van der Waals surface area contributed by atoms with Gasteiger partial charge in [0.2, 0.25) is 0 Å². The summed E-state index contributed by atoms with van der Waals surface area (Å²) in [5.74, 6) is -0.237. The number of nitrogens with zero attached hydrogens (tertiary/aromatic N) is 4. The average molecular weight is 352 g/mol. The van der Waals surface area contributed by atoms with E-state index < -0.39 is 0 Å². The number of fused-ring (bicyclic) bond motifs is 1. The van der Waals surface area contributed by atoms with E-state index in [1.165, 1.54) is 0 Å². The van der Waals surface area contributed by atoms with Crippen molar-refractivity contribution in [3.8, 4) is 5.69 Å². The highest BCUT2D eigenvalue weighted by Crippen LogP contribution is 2.21. The van der Waals surface area contributed by atoms with Gasteiger partial charge in [0.1, 0.15) is 0 Å². The monoisotopic (exact) mass is 352 g/mol. The van der Waals surface area contributed by atoms with Gasteiger partial charge in [0.05, 0.1) is 16.9 Å². The molecule has 2 heterocycles. The summed E-state index contributed by atoms with van der Waals surface area (Å²) in [6.45, 7) is 4.37. The van der Waals surface area contributed by atoms with Gasteiger partial charge in [0.25, 0.3) is 5.91 Å². The summed E-state index contributed by atoms with van der Waals surface area (Å²) in [5, 5.41) is 12.2. The van der Waals surface area contributed by atoms with Crippen LogP contribution in [0.15, 0.2) is 36.5 Å². The molecule has 0 radical (unpaired) electrons. The quantitative estimate of drug-likeness (QED) is 0.680. The van der Waals surface area contributed by atoms with Crippen LogP contribution in [0, 0.1) is 6.92 Å². The molecule has 1 amide bonds. The maximum absolute atomic E-state index is 12.6. The third-order valence-electron chi connectivity index (χ3n) is 4.49. The third kappa shape index (κ3) is 3.57. The van der Waals surface area contributed by atoms with Crippen LogP contribution < -0.4 is 11.1 Å². The topological polar surface area (TPSA) is 98.7 Å². The minimum absolute atomic E-state index is 0.0474. The number of unbranched alkanes of at least 4 members (excludes halogenated alkanes) is 1. The van der Waals surface area contributed by atoms with Gasteiger partial charge >= 0.3 is 0 Å². The molecule has 1 atom stereocenters. The molecular weight excluding hydrogens is 328 g/mol. The zero-order valence-corrected chi connectivity index (χ0v) is 15.1. The first kappa shape index (κ1) is 18.0. The third-order valence-corrected chi connectivity index (χ3v) is 4.49. The fraction of sp³-hybridized carbons (Fsp3) is 0.368. The van der Waals surface area contributed by atoms with Gasteiger partial charge in [-0.1, -0.05) is 31.0 Å². The number of rotatable bonds is 7. The number of nitrogens with one attached hydrogen (secondary N) is 1. The number of hydrogen-bond acceptors (Lipinski definition) is 5. The molecule has 3 aromatic rings. The van der Waals surface area contributed by atoms with Crippen molar-refractivity contribution in [1.29, 1.82) is 0 Å². The molecule has 3 rings (SSSR count). The minimum atomic E-state index is -0.237. The number of nitrogens with two attached hydrogens (primary N) is 1. The standard InChI is InChI=1S/C19H24N6O/c1-3-4-7-14(12-20)22-19(26)18-13(2)25(24-23-18)17-10-5-9-16-15(17)8-6-11-21-16/h5-6,8-11,14H,3-4,7,12,20H2,1-2H3,(H,22,26). The van der Waals surface area contributed by atoms with Crippen LogP contribution in [-0.2, 0) is 0 Å². The van der Waals surface area contributed by atoms with Crippen LogP contribution >= 0.6 is 0 Å². The van der Waals surface area contributed by atoms with Crippen LogP contribution in [0.3, 0.4) is 0 Å². The van der Waals surface area contributed by atoms with Crippen LogP contribution in [0.1, 0.15) is 42.4 Å². The normalized spacial score (nSPS) is 12.3. The van der Waals surface area contributed by atoms with Crippen LogP contribution in [0.4, 0.5) is 0 Å². The van der Waals surface area contributed by atoms with E-state index in [0.717, 1.165) is 35.9 Å². The van der Waals surface area contributed by atoms with Gasteiger partial charge < -0.3 is 11.1 Å². The molecule has 2 aromatic heterocycles. The van der Waals surface area contributed by atoms with Gasteiger partial charge in [0.15, 0.2) is 5.69 Å². The first-order chi connectivity index (χ1) is 12.7. The number of carbonyl (C=O) groups excluding carboxylic acids is 1. The lowest BCUT2D eigenvalue weighted by Gasteiger charge is -2.15. The van der Waals surface area contributed by atoms with Crippen LogP contribution in [0.25, 0.3) is 16.6 Å². The van der Waals surface area contributed by atoms with E-state index >= 15 is 0 Å². The minimum Gasteiger partial charge on any atom is -0.347 e. The molecule has 7 nitrogen and oxygen atoms in total. The van der Waals surface area contributed by atoms with Crippen molar-refractivity contribution in [2.24, 2.45) is 5.73 Å². The molecule has 26 heavy (non-hydrogen) atoms. The predicted molar refractivity (Wildman–Crippen MR) is 101 cm³/mol. The highest BCUT2D eigenvalue weighted by Gasteiger charge is 2.20. The van der Waals surface area contributed by atoms with E-state index in [0.29, 0.717) is 17.9 Å². The zero-order chi connectivity index (χ0) is 18.5. The number of carbonyl (C=O) groups is 1. The summed E-state index contributed by atoms with van der Waals surface area (Å²) in [7, 11) is 0. The summed E-state index contributed by atoms with van der Waals surface area (Å²) >= 11 is 0. The van der Waals surface area contributed by atoms with Crippen molar-refractivity contribution in [3.05, 3.63) is 47.9 Å². The van der Waals surface area contributed by atoms with Crippen molar-refractivity contribution >= 4 is 16.8 Å². The summed E-state index contributed by atoms with van der Waals surface area (Å²) in [5.41, 5.74) is 8.50. The molecule has 0 aliphatic heterocycles. The van der Waals surface area contributed by atoms with Crippen LogP contribution in [-0.4, -0.2) is 38.5 Å². The second kappa shape index (κ2) is 8.05. The van der Waals surface area contributed by atoms with E-state index in [-0.39, 0.29) is 11.9 Å². The van der Waals surface area contributed by atoms with Gasteiger partial charge in [-0.3, -0.25) is 9.78 Å². The lowest BCUT2D eigenvalue weighted by atomic mass is 10.1. The number of benzene rings is 1. The Morgan fingerprint density at radius 2 is 2.15 bits per heavy atom. The highest BCUT2D eigenvalue weighted by molar-refractivity contribution is 5.94. The summed E-state index contributed by atoms with van der Waals surface area (Å²) < 4.78 is 1.68. The lowest BCUT2D eigenvalue weighted by Crippen LogP contribution is -2.40. The summed E-state index contributed by atoms with van der Waals surface area (Å²) in [4.78, 5) is 17.0.